The summed E-state index contributed by atoms with van der Waals surface area (Å²) in [7, 11) is 1.59. The van der Waals surface area contributed by atoms with Crippen molar-refractivity contribution in [1.82, 2.24) is 14.7 Å². The van der Waals surface area contributed by atoms with Crippen LogP contribution in [0.5, 0.6) is 0 Å². The SMILES string of the molecule is CNC(=O)CNc1ccc(NC(=O)c2ccc(C)c(C#Cc3cnc4ccccn34)c2)cc1C. The Labute approximate surface area is 198 Å². The lowest BCUT2D eigenvalue weighted by Crippen LogP contribution is -2.26. The summed E-state index contributed by atoms with van der Waals surface area (Å²) in [5.74, 6) is 6.02. The molecule has 4 rings (SSSR count). The molecule has 3 N–H and O–H groups in total. The van der Waals surface area contributed by atoms with Crippen LogP contribution >= 0.6 is 0 Å². The quantitative estimate of drug-likeness (QED) is 0.403. The van der Waals surface area contributed by atoms with Gasteiger partial charge in [0.15, 0.2) is 0 Å². The van der Waals surface area contributed by atoms with Crippen molar-refractivity contribution in [3.05, 3.63) is 94.9 Å². The summed E-state index contributed by atoms with van der Waals surface area (Å²) in [4.78, 5) is 28.7. The first-order chi connectivity index (χ1) is 16.4. The number of anilines is 2. The summed E-state index contributed by atoms with van der Waals surface area (Å²) < 4.78 is 1.93. The van der Waals surface area contributed by atoms with Crippen LogP contribution in [-0.2, 0) is 4.79 Å². The molecule has 4 aromatic rings. The van der Waals surface area contributed by atoms with Crippen LogP contribution in [0.2, 0.25) is 0 Å². The fourth-order valence-electron chi connectivity index (χ4n) is 3.46. The normalized spacial score (nSPS) is 10.3. The Balaban J connectivity index is 1.50. The minimum atomic E-state index is -0.219. The van der Waals surface area contributed by atoms with E-state index in [0.29, 0.717) is 11.3 Å². The number of amides is 2. The molecule has 0 aliphatic rings. The molecule has 0 unspecified atom stereocenters. The third-order valence-corrected chi connectivity index (χ3v) is 5.44. The zero-order valence-corrected chi connectivity index (χ0v) is 19.3. The third-order valence-electron chi connectivity index (χ3n) is 5.44. The minimum absolute atomic E-state index is 0.100. The van der Waals surface area contributed by atoms with Crippen LogP contribution in [0, 0.1) is 25.7 Å². The zero-order valence-electron chi connectivity index (χ0n) is 19.3. The predicted molar refractivity (Wildman–Crippen MR) is 134 cm³/mol. The number of rotatable bonds is 5. The van der Waals surface area contributed by atoms with Crippen LogP contribution in [0.3, 0.4) is 0 Å². The number of benzene rings is 2. The number of hydrogen-bond acceptors (Lipinski definition) is 4. The van der Waals surface area contributed by atoms with Crippen LogP contribution in [0.25, 0.3) is 5.65 Å². The third kappa shape index (κ3) is 5.08. The van der Waals surface area contributed by atoms with Gasteiger partial charge in [0, 0.05) is 35.7 Å². The van der Waals surface area contributed by atoms with Crippen molar-refractivity contribution in [2.24, 2.45) is 0 Å². The summed E-state index contributed by atoms with van der Waals surface area (Å²) in [5, 5.41) is 8.59. The lowest BCUT2D eigenvalue weighted by atomic mass is 10.0. The molecule has 2 heterocycles. The van der Waals surface area contributed by atoms with Crippen molar-refractivity contribution in [3.8, 4) is 11.8 Å². The number of aromatic nitrogens is 2. The highest BCUT2D eigenvalue weighted by Gasteiger charge is 2.10. The number of carbonyl (C=O) groups excluding carboxylic acids is 2. The summed E-state index contributed by atoms with van der Waals surface area (Å²) in [6.07, 6.45) is 3.66. The molecule has 0 saturated carbocycles. The van der Waals surface area contributed by atoms with Crippen LogP contribution in [-0.4, -0.2) is 34.8 Å². The maximum absolute atomic E-state index is 12.9. The van der Waals surface area contributed by atoms with Crippen molar-refractivity contribution >= 4 is 28.8 Å². The van der Waals surface area contributed by atoms with E-state index >= 15 is 0 Å². The molecule has 0 aliphatic carbocycles. The summed E-state index contributed by atoms with van der Waals surface area (Å²) in [6, 6.07) is 16.8. The van der Waals surface area contributed by atoms with Gasteiger partial charge in [0.05, 0.1) is 12.7 Å². The number of pyridine rings is 1. The Bertz CT molecular complexity index is 1440. The molecule has 0 bridgehead atoms. The molecule has 7 heteroatoms. The Morgan fingerprint density at radius 1 is 1.00 bits per heavy atom. The van der Waals surface area contributed by atoms with E-state index in [2.05, 4.69) is 32.8 Å². The standard InChI is InChI=1S/C27H25N5O2/c1-18-7-8-21(15-20(18)9-11-23-16-30-25-6-4-5-13-32(23)25)27(34)31-22-10-12-24(19(2)14-22)29-17-26(33)28-3/h4-8,10,12-16,29H,17H2,1-3H3,(H,28,33)(H,31,34). The fraction of sp³-hybridized carbons (Fsp3) is 0.148. The van der Waals surface area contributed by atoms with Crippen LogP contribution in [0.4, 0.5) is 11.4 Å². The molecule has 0 saturated heterocycles. The van der Waals surface area contributed by atoms with E-state index in [9.17, 15) is 9.59 Å². The van der Waals surface area contributed by atoms with E-state index in [1.165, 1.54) is 0 Å². The van der Waals surface area contributed by atoms with Crippen molar-refractivity contribution in [3.63, 3.8) is 0 Å². The monoisotopic (exact) mass is 451 g/mol. The molecule has 2 aromatic heterocycles. The number of nitrogens with zero attached hydrogens (tertiary/aromatic N) is 2. The lowest BCUT2D eigenvalue weighted by molar-refractivity contribution is -0.118. The molecule has 0 fully saturated rings. The lowest BCUT2D eigenvalue weighted by Gasteiger charge is -2.12. The van der Waals surface area contributed by atoms with Crippen molar-refractivity contribution in [2.45, 2.75) is 13.8 Å². The second-order valence-electron chi connectivity index (χ2n) is 7.86. The number of fused-ring (bicyclic) bond motifs is 1. The number of likely N-dealkylation sites (N-methyl/N-ethyl adjacent to an activating group) is 1. The van der Waals surface area contributed by atoms with Crippen LogP contribution in [0.1, 0.15) is 32.7 Å². The first-order valence-electron chi connectivity index (χ1n) is 10.9. The van der Waals surface area contributed by atoms with Gasteiger partial charge in [-0.25, -0.2) is 4.98 Å². The Morgan fingerprint density at radius 3 is 2.65 bits per heavy atom. The van der Waals surface area contributed by atoms with Crippen LogP contribution < -0.4 is 16.0 Å². The van der Waals surface area contributed by atoms with Gasteiger partial charge in [-0.05, 0) is 73.4 Å². The number of nitrogens with one attached hydrogen (secondary N) is 3. The average molecular weight is 452 g/mol. The van der Waals surface area contributed by atoms with E-state index in [4.69, 9.17) is 0 Å². The van der Waals surface area contributed by atoms with Gasteiger partial charge in [0.2, 0.25) is 5.91 Å². The topological polar surface area (TPSA) is 87.5 Å². The van der Waals surface area contributed by atoms with E-state index in [-0.39, 0.29) is 18.4 Å². The molecule has 2 aromatic carbocycles. The number of carbonyl (C=O) groups is 2. The summed E-state index contributed by atoms with van der Waals surface area (Å²) >= 11 is 0. The van der Waals surface area contributed by atoms with Gasteiger partial charge in [-0.1, -0.05) is 18.1 Å². The molecular formula is C27H25N5O2. The average Bonchev–Trinajstić information content (AvgIpc) is 3.26. The van der Waals surface area contributed by atoms with Gasteiger partial charge >= 0.3 is 0 Å². The zero-order chi connectivity index (χ0) is 24.1. The van der Waals surface area contributed by atoms with E-state index in [0.717, 1.165) is 33.7 Å². The van der Waals surface area contributed by atoms with Gasteiger partial charge in [0.1, 0.15) is 11.3 Å². The van der Waals surface area contributed by atoms with Gasteiger partial charge in [-0.15, -0.1) is 0 Å². The molecule has 0 aliphatic heterocycles. The molecule has 34 heavy (non-hydrogen) atoms. The van der Waals surface area contributed by atoms with Gasteiger partial charge in [-0.3, -0.25) is 14.0 Å². The predicted octanol–water partition coefficient (Wildman–Crippen LogP) is 3.76. The molecule has 7 nitrogen and oxygen atoms in total. The first kappa shape index (κ1) is 22.6. The molecule has 0 radical (unpaired) electrons. The largest absolute Gasteiger partial charge is 0.376 e. The maximum Gasteiger partial charge on any atom is 0.255 e. The second-order valence-corrected chi connectivity index (χ2v) is 7.86. The van der Waals surface area contributed by atoms with E-state index < -0.39 is 0 Å². The number of aryl methyl sites for hydroxylation is 2. The highest BCUT2D eigenvalue weighted by molar-refractivity contribution is 6.04. The molecule has 0 atom stereocenters. The summed E-state index contributed by atoms with van der Waals surface area (Å²) in [6.45, 7) is 4.07. The number of hydrogen-bond donors (Lipinski definition) is 3. The highest BCUT2D eigenvalue weighted by Crippen LogP contribution is 2.21. The van der Waals surface area contributed by atoms with Crippen molar-refractivity contribution in [1.29, 1.82) is 0 Å². The Hall–Kier alpha value is -4.57. The Morgan fingerprint density at radius 2 is 1.85 bits per heavy atom. The molecule has 170 valence electrons. The van der Waals surface area contributed by atoms with Gasteiger partial charge in [0.25, 0.3) is 5.91 Å². The first-order valence-corrected chi connectivity index (χ1v) is 10.9. The maximum atomic E-state index is 12.9. The van der Waals surface area contributed by atoms with E-state index in [1.54, 1.807) is 31.4 Å². The minimum Gasteiger partial charge on any atom is -0.376 e. The Kier molecular flexibility index (Phi) is 6.60. The fourth-order valence-corrected chi connectivity index (χ4v) is 3.46. The smallest absolute Gasteiger partial charge is 0.255 e. The summed E-state index contributed by atoms with van der Waals surface area (Å²) in [5.41, 5.74) is 6.34. The number of imidazole rings is 1. The van der Waals surface area contributed by atoms with E-state index in [1.807, 2.05) is 60.8 Å². The second kappa shape index (κ2) is 9.92. The van der Waals surface area contributed by atoms with Gasteiger partial charge in [-0.2, -0.15) is 0 Å². The van der Waals surface area contributed by atoms with Gasteiger partial charge < -0.3 is 16.0 Å². The van der Waals surface area contributed by atoms with Crippen molar-refractivity contribution < 1.29 is 9.59 Å². The van der Waals surface area contributed by atoms with Crippen LogP contribution in [0.15, 0.2) is 67.0 Å². The molecule has 0 spiro atoms. The van der Waals surface area contributed by atoms with Crippen molar-refractivity contribution in [2.75, 3.05) is 24.2 Å². The molecule has 2 amide bonds. The molecular weight excluding hydrogens is 426 g/mol. The highest BCUT2D eigenvalue weighted by atomic mass is 16.2.